The Morgan fingerprint density at radius 1 is 1.62 bits per heavy atom. The molecule has 0 radical (unpaired) electrons. The van der Waals surface area contributed by atoms with Gasteiger partial charge in [-0.1, -0.05) is 15.9 Å². The summed E-state index contributed by atoms with van der Waals surface area (Å²) in [4.78, 5) is 0. The van der Waals surface area contributed by atoms with E-state index in [1.54, 1.807) is 0 Å². The van der Waals surface area contributed by atoms with Gasteiger partial charge in [0.05, 0.1) is 0 Å². The molecule has 1 aliphatic rings. The molecule has 0 amide bonds. The lowest BCUT2D eigenvalue weighted by Crippen LogP contribution is -2.39. The molecule has 0 nitrogen and oxygen atoms in total. The first kappa shape index (κ1) is 6.46. The van der Waals surface area contributed by atoms with Crippen molar-refractivity contribution in [1.29, 1.82) is 0 Å². The molecule has 0 heterocycles. The quantitative estimate of drug-likeness (QED) is 0.550. The smallest absolute Gasteiger partial charge is 0.207 e. The predicted molar refractivity (Wildman–Crippen MR) is 31.5 cm³/mol. The first-order valence-electron chi connectivity index (χ1n) is 2.60. The molecule has 0 spiro atoms. The van der Waals surface area contributed by atoms with Gasteiger partial charge in [-0.05, 0) is 6.42 Å². The van der Waals surface area contributed by atoms with Gasteiger partial charge in [-0.25, -0.2) is 8.78 Å². The minimum atomic E-state index is -2.36. The van der Waals surface area contributed by atoms with E-state index in [1.807, 2.05) is 0 Å². The number of halogens is 3. The molecule has 1 fully saturated rings. The van der Waals surface area contributed by atoms with Crippen molar-refractivity contribution in [3.05, 3.63) is 0 Å². The summed E-state index contributed by atoms with van der Waals surface area (Å²) >= 11 is 3.02. The van der Waals surface area contributed by atoms with E-state index in [1.165, 1.54) is 0 Å². The van der Waals surface area contributed by atoms with E-state index in [9.17, 15) is 8.78 Å². The fraction of sp³-hybridized carbons (Fsp3) is 1.00. The molecule has 1 rings (SSSR count). The molecule has 0 aromatic carbocycles. The van der Waals surface area contributed by atoms with Gasteiger partial charge in [-0.3, -0.25) is 0 Å². The van der Waals surface area contributed by atoms with Crippen LogP contribution in [0.1, 0.15) is 12.8 Å². The fourth-order valence-electron chi connectivity index (χ4n) is 0.757. The van der Waals surface area contributed by atoms with Crippen molar-refractivity contribution in [3.63, 3.8) is 0 Å². The van der Waals surface area contributed by atoms with Crippen LogP contribution in [0, 0.1) is 5.92 Å². The average molecular weight is 185 g/mol. The van der Waals surface area contributed by atoms with Crippen LogP contribution in [0.2, 0.25) is 0 Å². The van der Waals surface area contributed by atoms with Crippen LogP contribution in [-0.2, 0) is 0 Å². The molecule has 48 valence electrons. The van der Waals surface area contributed by atoms with Gasteiger partial charge in [0.15, 0.2) is 0 Å². The number of hydrogen-bond acceptors (Lipinski definition) is 0. The average Bonchev–Trinajstić information content (AvgIpc) is 1.66. The highest BCUT2D eigenvalue weighted by molar-refractivity contribution is 9.09. The molecule has 0 aromatic heterocycles. The van der Waals surface area contributed by atoms with Crippen LogP contribution >= 0.6 is 15.9 Å². The Kier molecular flexibility index (Phi) is 1.56. The standard InChI is InChI=1S/C5H7BrF2/c6-3-4-1-2-5(4,7)8/h4H,1-3H2. The van der Waals surface area contributed by atoms with Gasteiger partial charge in [-0.2, -0.15) is 0 Å². The topological polar surface area (TPSA) is 0 Å². The molecule has 0 N–H and O–H groups in total. The molecule has 1 atom stereocenters. The summed E-state index contributed by atoms with van der Waals surface area (Å²) in [5.74, 6) is -2.74. The lowest BCUT2D eigenvalue weighted by molar-refractivity contribution is -0.121. The summed E-state index contributed by atoms with van der Waals surface area (Å²) in [5, 5.41) is 0.444. The second kappa shape index (κ2) is 1.94. The van der Waals surface area contributed by atoms with Crippen LogP contribution in [0.5, 0.6) is 0 Å². The molecule has 0 bridgehead atoms. The molecule has 0 aliphatic heterocycles. The van der Waals surface area contributed by atoms with Crippen LogP contribution in [0.15, 0.2) is 0 Å². The van der Waals surface area contributed by atoms with Crippen LogP contribution in [0.3, 0.4) is 0 Å². The second-order valence-corrected chi connectivity index (χ2v) is 2.80. The third-order valence-electron chi connectivity index (χ3n) is 1.61. The van der Waals surface area contributed by atoms with Crippen molar-refractivity contribution in [1.82, 2.24) is 0 Å². The van der Waals surface area contributed by atoms with Crippen LogP contribution in [-0.4, -0.2) is 11.3 Å². The third kappa shape index (κ3) is 0.879. The van der Waals surface area contributed by atoms with Gasteiger partial charge in [-0.15, -0.1) is 0 Å². The van der Waals surface area contributed by atoms with Gasteiger partial charge in [0.2, 0.25) is 0 Å². The van der Waals surface area contributed by atoms with Crippen LogP contribution < -0.4 is 0 Å². The minimum absolute atomic E-state index is 0.0866. The van der Waals surface area contributed by atoms with Crippen LogP contribution in [0.4, 0.5) is 8.78 Å². The summed E-state index contributed by atoms with van der Waals surface area (Å²) in [7, 11) is 0. The molecule has 1 saturated carbocycles. The minimum Gasteiger partial charge on any atom is -0.207 e. The Morgan fingerprint density at radius 2 is 2.25 bits per heavy atom. The van der Waals surface area contributed by atoms with E-state index in [2.05, 4.69) is 15.9 Å². The number of alkyl halides is 3. The van der Waals surface area contributed by atoms with Crippen molar-refractivity contribution in [3.8, 4) is 0 Å². The highest BCUT2D eigenvalue weighted by atomic mass is 79.9. The highest BCUT2D eigenvalue weighted by Crippen LogP contribution is 2.43. The van der Waals surface area contributed by atoms with Gasteiger partial charge in [0, 0.05) is 17.7 Å². The molecule has 1 aliphatic carbocycles. The normalized spacial score (nSPS) is 34.1. The summed E-state index contributed by atoms with van der Waals surface area (Å²) in [6.45, 7) is 0. The lowest BCUT2D eigenvalue weighted by Gasteiger charge is -2.34. The highest BCUT2D eigenvalue weighted by Gasteiger charge is 2.47. The molecule has 1 unspecified atom stereocenters. The zero-order chi connectivity index (χ0) is 6.20. The Hall–Kier alpha value is 0.340. The number of rotatable bonds is 1. The molecular weight excluding hydrogens is 178 g/mol. The zero-order valence-corrected chi connectivity index (χ0v) is 5.92. The van der Waals surface area contributed by atoms with E-state index < -0.39 is 5.92 Å². The Morgan fingerprint density at radius 3 is 2.25 bits per heavy atom. The van der Waals surface area contributed by atoms with Crippen LogP contribution in [0.25, 0.3) is 0 Å². The van der Waals surface area contributed by atoms with E-state index in [0.717, 1.165) is 0 Å². The van der Waals surface area contributed by atoms with Gasteiger partial charge < -0.3 is 0 Å². The predicted octanol–water partition coefficient (Wildman–Crippen LogP) is 2.43. The van der Waals surface area contributed by atoms with Crippen molar-refractivity contribution in [2.24, 2.45) is 5.92 Å². The van der Waals surface area contributed by atoms with Crippen molar-refractivity contribution in [2.45, 2.75) is 18.8 Å². The SMILES string of the molecule is FC1(F)CCC1CBr. The maximum atomic E-state index is 12.2. The fourth-order valence-corrected chi connectivity index (χ4v) is 1.55. The zero-order valence-electron chi connectivity index (χ0n) is 4.33. The number of hydrogen-bond donors (Lipinski definition) is 0. The summed E-state index contributed by atoms with van der Waals surface area (Å²) in [6, 6.07) is 0. The molecule has 0 saturated heterocycles. The Labute approximate surface area is 55.4 Å². The largest absolute Gasteiger partial charge is 0.251 e. The summed E-state index contributed by atoms with van der Waals surface area (Å²) < 4.78 is 24.3. The molecule has 8 heavy (non-hydrogen) atoms. The Balaban J connectivity index is 2.37. The first-order chi connectivity index (χ1) is 3.67. The Bertz CT molecular complexity index is 90.4. The van der Waals surface area contributed by atoms with Gasteiger partial charge >= 0.3 is 0 Å². The molecule has 0 aromatic rings. The maximum Gasteiger partial charge on any atom is 0.251 e. The van der Waals surface area contributed by atoms with Crippen molar-refractivity contribution < 1.29 is 8.78 Å². The second-order valence-electron chi connectivity index (χ2n) is 2.15. The summed E-state index contributed by atoms with van der Waals surface area (Å²) in [5.41, 5.74) is 0. The van der Waals surface area contributed by atoms with E-state index in [4.69, 9.17) is 0 Å². The first-order valence-corrected chi connectivity index (χ1v) is 3.73. The molecule has 3 heteroatoms. The summed E-state index contributed by atoms with van der Waals surface area (Å²) in [6.07, 6.45) is 0.765. The van der Waals surface area contributed by atoms with Crippen molar-refractivity contribution in [2.75, 3.05) is 5.33 Å². The van der Waals surface area contributed by atoms with Crippen molar-refractivity contribution >= 4 is 15.9 Å². The van der Waals surface area contributed by atoms with Gasteiger partial charge in [0.25, 0.3) is 5.92 Å². The van der Waals surface area contributed by atoms with Gasteiger partial charge in [0.1, 0.15) is 0 Å². The van der Waals surface area contributed by atoms with E-state index in [0.29, 0.717) is 11.8 Å². The third-order valence-corrected chi connectivity index (χ3v) is 2.39. The molecular formula is C5H7BrF2. The lowest BCUT2D eigenvalue weighted by atomic mass is 9.83. The van der Waals surface area contributed by atoms with E-state index in [-0.39, 0.29) is 12.3 Å². The van der Waals surface area contributed by atoms with E-state index >= 15 is 0 Å². The monoisotopic (exact) mass is 184 g/mol. The maximum absolute atomic E-state index is 12.2.